The van der Waals surface area contributed by atoms with Crippen molar-refractivity contribution >= 4 is 17.3 Å². The van der Waals surface area contributed by atoms with E-state index in [-0.39, 0.29) is 17.3 Å². The number of nitrogens with zero attached hydrogens (tertiary/aromatic N) is 1. The Bertz CT molecular complexity index is 696. The Morgan fingerprint density at radius 1 is 1.22 bits per heavy atom. The monoisotopic (exact) mass is 321 g/mol. The molecule has 1 aromatic heterocycles. The summed E-state index contributed by atoms with van der Waals surface area (Å²) in [6.07, 6.45) is -1.63. The highest BCUT2D eigenvalue weighted by Crippen LogP contribution is 2.35. The standard InChI is InChI=1S/C16H14F3N3O/c1-2-9-20-15(23)14-8-7-11(10-21-14)22-13-6-4-3-5-12(13)16(17,18)19/h2-8,10,22H,1,9H2,(H,20,23). The van der Waals surface area contributed by atoms with Crippen LogP contribution in [0.5, 0.6) is 0 Å². The number of aromatic nitrogens is 1. The number of hydrogen-bond acceptors (Lipinski definition) is 3. The van der Waals surface area contributed by atoms with E-state index in [2.05, 4.69) is 22.2 Å². The molecule has 2 aromatic rings. The molecule has 0 fully saturated rings. The molecule has 0 unspecified atom stereocenters. The molecule has 0 aliphatic heterocycles. The normalized spacial score (nSPS) is 10.9. The Morgan fingerprint density at radius 3 is 2.57 bits per heavy atom. The fourth-order valence-corrected chi connectivity index (χ4v) is 1.85. The molecule has 0 radical (unpaired) electrons. The number of amides is 1. The van der Waals surface area contributed by atoms with Gasteiger partial charge in [0.25, 0.3) is 5.91 Å². The number of anilines is 2. The topological polar surface area (TPSA) is 54.0 Å². The van der Waals surface area contributed by atoms with Crippen LogP contribution in [0.15, 0.2) is 55.3 Å². The van der Waals surface area contributed by atoms with Crippen LogP contribution >= 0.6 is 0 Å². The third-order valence-electron chi connectivity index (χ3n) is 2.91. The molecule has 0 aliphatic carbocycles. The van der Waals surface area contributed by atoms with Crippen LogP contribution in [0.25, 0.3) is 0 Å². The maximum atomic E-state index is 12.9. The minimum Gasteiger partial charge on any atom is -0.354 e. The Morgan fingerprint density at radius 2 is 1.96 bits per heavy atom. The van der Waals surface area contributed by atoms with Crippen LogP contribution < -0.4 is 10.6 Å². The van der Waals surface area contributed by atoms with Crippen molar-refractivity contribution in [1.29, 1.82) is 0 Å². The molecule has 0 aliphatic rings. The number of para-hydroxylation sites is 1. The zero-order chi connectivity index (χ0) is 16.9. The molecule has 7 heteroatoms. The van der Waals surface area contributed by atoms with Gasteiger partial charge in [-0.2, -0.15) is 13.2 Å². The van der Waals surface area contributed by atoms with Crippen molar-refractivity contribution in [3.63, 3.8) is 0 Å². The maximum Gasteiger partial charge on any atom is 0.418 e. The van der Waals surface area contributed by atoms with Gasteiger partial charge in [-0.3, -0.25) is 4.79 Å². The van der Waals surface area contributed by atoms with E-state index in [9.17, 15) is 18.0 Å². The fraction of sp³-hybridized carbons (Fsp3) is 0.125. The van der Waals surface area contributed by atoms with E-state index in [0.29, 0.717) is 12.2 Å². The number of nitrogens with one attached hydrogen (secondary N) is 2. The largest absolute Gasteiger partial charge is 0.418 e. The highest BCUT2D eigenvalue weighted by Gasteiger charge is 2.33. The first-order chi connectivity index (χ1) is 10.9. The highest BCUT2D eigenvalue weighted by molar-refractivity contribution is 5.92. The van der Waals surface area contributed by atoms with Crippen LogP contribution in [-0.2, 0) is 6.18 Å². The minimum atomic E-state index is -4.46. The SMILES string of the molecule is C=CCNC(=O)c1ccc(Nc2ccccc2C(F)(F)F)cn1. The molecule has 0 atom stereocenters. The summed E-state index contributed by atoms with van der Waals surface area (Å²) in [5.74, 6) is -0.382. The molecular weight excluding hydrogens is 307 g/mol. The first kappa shape index (κ1) is 16.5. The van der Waals surface area contributed by atoms with Crippen molar-refractivity contribution < 1.29 is 18.0 Å². The molecule has 0 bridgehead atoms. The summed E-state index contributed by atoms with van der Waals surface area (Å²) in [6.45, 7) is 3.78. The number of carbonyl (C=O) groups is 1. The van der Waals surface area contributed by atoms with Gasteiger partial charge in [0.05, 0.1) is 23.1 Å². The summed E-state index contributed by atoms with van der Waals surface area (Å²) in [6, 6.07) is 8.06. The lowest BCUT2D eigenvalue weighted by molar-refractivity contribution is -0.136. The molecule has 2 N–H and O–H groups in total. The third kappa shape index (κ3) is 4.32. The van der Waals surface area contributed by atoms with E-state index >= 15 is 0 Å². The van der Waals surface area contributed by atoms with Crippen LogP contribution in [0.3, 0.4) is 0 Å². The molecule has 23 heavy (non-hydrogen) atoms. The fourth-order valence-electron chi connectivity index (χ4n) is 1.85. The summed E-state index contributed by atoms with van der Waals surface area (Å²) < 4.78 is 38.8. The van der Waals surface area contributed by atoms with Gasteiger partial charge in [0.2, 0.25) is 0 Å². The van der Waals surface area contributed by atoms with Crippen molar-refractivity contribution in [1.82, 2.24) is 10.3 Å². The lowest BCUT2D eigenvalue weighted by atomic mass is 10.1. The third-order valence-corrected chi connectivity index (χ3v) is 2.91. The van der Waals surface area contributed by atoms with Gasteiger partial charge in [0, 0.05) is 6.54 Å². The molecule has 1 aromatic carbocycles. The smallest absolute Gasteiger partial charge is 0.354 e. The van der Waals surface area contributed by atoms with Crippen molar-refractivity contribution in [2.24, 2.45) is 0 Å². The Kier molecular flexibility index (Phi) is 5.00. The van der Waals surface area contributed by atoms with Crippen molar-refractivity contribution in [3.8, 4) is 0 Å². The number of pyridine rings is 1. The Balaban J connectivity index is 2.16. The van der Waals surface area contributed by atoms with Crippen LogP contribution in [0, 0.1) is 0 Å². The quantitative estimate of drug-likeness (QED) is 0.825. The highest BCUT2D eigenvalue weighted by atomic mass is 19.4. The molecule has 0 spiro atoms. The maximum absolute atomic E-state index is 12.9. The molecule has 120 valence electrons. The summed E-state index contributed by atoms with van der Waals surface area (Å²) >= 11 is 0. The van der Waals surface area contributed by atoms with Gasteiger partial charge < -0.3 is 10.6 Å². The van der Waals surface area contributed by atoms with Crippen molar-refractivity contribution in [2.75, 3.05) is 11.9 Å². The van der Waals surface area contributed by atoms with Gasteiger partial charge in [0.15, 0.2) is 0 Å². The second kappa shape index (κ2) is 6.95. The molecule has 0 saturated heterocycles. The van der Waals surface area contributed by atoms with Gasteiger partial charge in [0.1, 0.15) is 5.69 Å². The predicted octanol–water partition coefficient (Wildman–Crippen LogP) is 3.76. The number of alkyl halides is 3. The first-order valence-electron chi connectivity index (χ1n) is 6.70. The van der Waals surface area contributed by atoms with Gasteiger partial charge >= 0.3 is 6.18 Å². The molecule has 0 saturated carbocycles. The van der Waals surface area contributed by atoms with E-state index in [1.165, 1.54) is 42.6 Å². The first-order valence-corrected chi connectivity index (χ1v) is 6.70. The average molecular weight is 321 g/mol. The minimum absolute atomic E-state index is 0.0781. The molecule has 4 nitrogen and oxygen atoms in total. The average Bonchev–Trinajstić information content (AvgIpc) is 2.53. The second-order valence-corrected chi connectivity index (χ2v) is 4.60. The number of carbonyl (C=O) groups excluding carboxylic acids is 1. The summed E-state index contributed by atoms with van der Waals surface area (Å²) in [7, 11) is 0. The number of halogens is 3. The molecule has 1 heterocycles. The van der Waals surface area contributed by atoms with E-state index in [1.54, 1.807) is 0 Å². The number of benzene rings is 1. The zero-order valence-electron chi connectivity index (χ0n) is 12.0. The number of hydrogen-bond donors (Lipinski definition) is 2. The number of rotatable bonds is 5. The Labute approximate surface area is 131 Å². The predicted molar refractivity (Wildman–Crippen MR) is 81.5 cm³/mol. The van der Waals surface area contributed by atoms with E-state index < -0.39 is 11.7 Å². The van der Waals surface area contributed by atoms with E-state index in [4.69, 9.17) is 0 Å². The second-order valence-electron chi connectivity index (χ2n) is 4.60. The summed E-state index contributed by atoms with van der Waals surface area (Å²) in [5, 5.41) is 5.22. The van der Waals surface area contributed by atoms with Crippen molar-refractivity contribution in [3.05, 3.63) is 66.5 Å². The van der Waals surface area contributed by atoms with Crippen LogP contribution in [0.4, 0.5) is 24.5 Å². The van der Waals surface area contributed by atoms with Crippen LogP contribution in [0.1, 0.15) is 16.1 Å². The lowest BCUT2D eigenvalue weighted by Crippen LogP contribution is -2.24. The van der Waals surface area contributed by atoms with Gasteiger partial charge in [-0.15, -0.1) is 6.58 Å². The van der Waals surface area contributed by atoms with Crippen LogP contribution in [-0.4, -0.2) is 17.4 Å². The van der Waals surface area contributed by atoms with Crippen molar-refractivity contribution in [2.45, 2.75) is 6.18 Å². The summed E-state index contributed by atoms with van der Waals surface area (Å²) in [4.78, 5) is 15.6. The van der Waals surface area contributed by atoms with E-state index in [0.717, 1.165) is 6.07 Å². The van der Waals surface area contributed by atoms with E-state index in [1.807, 2.05) is 0 Å². The van der Waals surface area contributed by atoms with Gasteiger partial charge in [-0.05, 0) is 24.3 Å². The van der Waals surface area contributed by atoms with Gasteiger partial charge in [-0.1, -0.05) is 18.2 Å². The Hall–Kier alpha value is -2.83. The molecule has 2 rings (SSSR count). The van der Waals surface area contributed by atoms with Crippen LogP contribution in [0.2, 0.25) is 0 Å². The lowest BCUT2D eigenvalue weighted by Gasteiger charge is -2.14. The molecular formula is C16H14F3N3O. The summed E-state index contributed by atoms with van der Waals surface area (Å²) in [5.41, 5.74) is -0.332. The molecule has 1 amide bonds. The zero-order valence-corrected chi connectivity index (χ0v) is 12.0. The van der Waals surface area contributed by atoms with Gasteiger partial charge in [-0.25, -0.2) is 4.98 Å².